The van der Waals surface area contributed by atoms with Gasteiger partial charge in [-0.3, -0.25) is 23.9 Å². The third kappa shape index (κ3) is 40.5. The highest BCUT2D eigenvalue weighted by Gasteiger charge is 2.49. The van der Waals surface area contributed by atoms with Gasteiger partial charge in [0.15, 0.2) is 8.32 Å². The zero-order valence-electron chi connectivity index (χ0n) is 60.1. The van der Waals surface area contributed by atoms with E-state index in [9.17, 15) is 24.3 Å². The molecular formula is C74H141FN2O12Si. The molecule has 0 spiro atoms. The number of halogens is 1. The van der Waals surface area contributed by atoms with Gasteiger partial charge in [-0.1, -0.05) is 267 Å². The van der Waals surface area contributed by atoms with Crippen molar-refractivity contribution in [2.45, 2.75) is 387 Å². The number of hydrogen-bond acceptors (Lipinski definition) is 12. The first kappa shape index (κ1) is 87.3. The van der Waals surface area contributed by atoms with Crippen LogP contribution in [0.15, 0.2) is 24.7 Å². The van der Waals surface area contributed by atoms with E-state index in [4.69, 9.17) is 32.8 Å². The Morgan fingerprint density at radius 3 is 1.09 bits per heavy atom. The molecule has 0 aromatic heterocycles. The van der Waals surface area contributed by atoms with Gasteiger partial charge in [0.05, 0.1) is 63.0 Å². The predicted octanol–water partition coefficient (Wildman–Crippen LogP) is 18.7. The first-order chi connectivity index (χ1) is 42.8. The topological polar surface area (TPSA) is 177 Å². The fourth-order valence-corrected chi connectivity index (χ4v) is 12.6. The molecule has 10 atom stereocenters. The Hall–Kier alpha value is -2.73. The summed E-state index contributed by atoms with van der Waals surface area (Å²) in [7, 11) is -2.01. The summed E-state index contributed by atoms with van der Waals surface area (Å²) in [5, 5.41) is 16.1. The van der Waals surface area contributed by atoms with Crippen LogP contribution in [0.3, 0.4) is 0 Å². The molecule has 0 saturated carbocycles. The van der Waals surface area contributed by atoms with E-state index in [0.29, 0.717) is 32.7 Å². The Labute approximate surface area is 552 Å². The third-order valence-corrected chi connectivity index (χ3v) is 23.0. The number of aliphatic hydroxyl groups is 1. The summed E-state index contributed by atoms with van der Waals surface area (Å²) in [6.45, 7) is 29.4. The molecule has 16 heteroatoms. The number of carbonyl (C=O) groups is 4. The van der Waals surface area contributed by atoms with Crippen molar-refractivity contribution in [2.24, 2.45) is 11.8 Å². The van der Waals surface area contributed by atoms with Crippen LogP contribution in [0.1, 0.15) is 320 Å². The van der Waals surface area contributed by atoms with Gasteiger partial charge in [-0.15, -0.1) is 0 Å². The van der Waals surface area contributed by atoms with Crippen LogP contribution in [0.5, 0.6) is 0 Å². The van der Waals surface area contributed by atoms with Crippen LogP contribution in [0.4, 0.5) is 4.70 Å². The van der Waals surface area contributed by atoms with Crippen LogP contribution in [-0.4, -0.2) is 112 Å². The van der Waals surface area contributed by atoms with Crippen LogP contribution in [-0.2, 0) is 52.0 Å². The molecule has 3 N–H and O–H groups in total. The molecular weight excluding hydrogens is 1160 g/mol. The van der Waals surface area contributed by atoms with E-state index >= 15 is 0 Å². The molecule has 2 rings (SSSR count). The van der Waals surface area contributed by atoms with Gasteiger partial charge in [0.1, 0.15) is 23.7 Å². The molecule has 0 aromatic carbocycles. The first-order valence-corrected chi connectivity index (χ1v) is 39.7. The lowest BCUT2D eigenvalue weighted by Gasteiger charge is -2.46. The van der Waals surface area contributed by atoms with Crippen molar-refractivity contribution >= 4 is 31.7 Å². The van der Waals surface area contributed by atoms with E-state index < -0.39 is 45.2 Å². The zero-order valence-corrected chi connectivity index (χ0v) is 61.1. The number of ether oxygens (including phenoxy) is 6. The number of unbranched alkanes of at least 4 members (excludes halogenated alkanes) is 30. The quantitative estimate of drug-likeness (QED) is 0.0228. The van der Waals surface area contributed by atoms with Gasteiger partial charge in [0.2, 0.25) is 24.4 Å². The zero-order chi connectivity index (χ0) is 66.0. The van der Waals surface area contributed by atoms with Gasteiger partial charge in [-0.2, -0.15) is 0 Å². The van der Waals surface area contributed by atoms with E-state index in [1.54, 1.807) is 12.3 Å². The van der Waals surface area contributed by atoms with Crippen LogP contribution in [0.25, 0.3) is 0 Å². The van der Waals surface area contributed by atoms with E-state index in [1.807, 2.05) is 26.8 Å². The van der Waals surface area contributed by atoms with Crippen LogP contribution in [0.2, 0.25) is 18.1 Å². The fourth-order valence-electron chi connectivity index (χ4n) is 11.6. The van der Waals surface area contributed by atoms with Crippen LogP contribution >= 0.6 is 0 Å². The maximum absolute atomic E-state index is 13.3. The minimum atomic E-state index is -2.01. The Bertz CT molecular complexity index is 1820. The fraction of sp³-hybridized carbons (Fsp3) is 0.892. The average molecular weight is 1300 g/mol. The summed E-state index contributed by atoms with van der Waals surface area (Å²) in [6, 6.07) is -1.12. The summed E-state index contributed by atoms with van der Waals surface area (Å²) >= 11 is 0. The Kier molecular flexibility index (Phi) is 53.9. The number of Topliss-reactive ketones (excluding diaryl/α,β-unsaturated/α-hetero) is 2. The summed E-state index contributed by atoms with van der Waals surface area (Å²) in [6.07, 6.45) is 45.3. The molecule has 0 aromatic rings. The number of ketones is 2. The Morgan fingerprint density at radius 1 is 0.478 bits per heavy atom. The molecule has 14 nitrogen and oxygen atoms in total. The number of nitrogens with one attached hydrogen (secondary N) is 2. The molecule has 2 aliphatic rings. The second-order valence-corrected chi connectivity index (χ2v) is 32.5. The lowest BCUT2D eigenvalue weighted by Crippen LogP contribution is -2.63. The molecule has 2 aliphatic heterocycles. The predicted molar refractivity (Wildman–Crippen MR) is 372 cm³/mol. The van der Waals surface area contributed by atoms with Gasteiger partial charge in [-0.25, -0.2) is 0 Å². The molecule has 0 aliphatic carbocycles. The molecule has 0 unspecified atom stereocenters. The van der Waals surface area contributed by atoms with Crippen molar-refractivity contribution in [1.29, 1.82) is 0 Å². The number of hydrogen-bond donors (Lipinski definition) is 3. The van der Waals surface area contributed by atoms with Gasteiger partial charge in [0.25, 0.3) is 0 Å². The molecule has 2 saturated heterocycles. The smallest absolute Gasteiger partial charge is 0.227 e. The van der Waals surface area contributed by atoms with Crippen molar-refractivity contribution < 1.29 is 61.8 Å². The number of aliphatic hydroxyl groups excluding tert-OH is 1. The molecule has 530 valence electrons. The van der Waals surface area contributed by atoms with Gasteiger partial charge in [-0.05, 0) is 57.7 Å². The molecule has 2 amide bonds. The molecule has 0 radical (unpaired) electrons. The molecule has 2 fully saturated rings. The van der Waals surface area contributed by atoms with Crippen molar-refractivity contribution in [1.82, 2.24) is 10.6 Å². The van der Waals surface area contributed by atoms with Gasteiger partial charge in [0, 0.05) is 37.9 Å². The van der Waals surface area contributed by atoms with Crippen LogP contribution < -0.4 is 10.6 Å². The van der Waals surface area contributed by atoms with Gasteiger partial charge < -0.3 is 48.6 Å². The van der Waals surface area contributed by atoms with E-state index in [0.717, 1.165) is 64.2 Å². The van der Waals surface area contributed by atoms with E-state index in [2.05, 4.69) is 79.1 Å². The van der Waals surface area contributed by atoms with Crippen LogP contribution in [0, 0.1) is 11.8 Å². The normalized spacial score (nSPS) is 22.0. The van der Waals surface area contributed by atoms with E-state index in [-0.39, 0.29) is 76.6 Å². The van der Waals surface area contributed by atoms with Crippen molar-refractivity contribution in [3.05, 3.63) is 24.7 Å². The van der Waals surface area contributed by atoms with Crippen molar-refractivity contribution in [3.8, 4) is 0 Å². The SMILES string of the molecule is C/C=C\O[C@H]1O[C@H](CO)[C@@H](C)[C@H](OCCCCCCCCCC)[C@H]1NC(=O)CC(=O)CCCCCCCCCCC.C/C=C\O[C@H]1O[C@H](CO[Si](C)(C)C(C)(C)C)[C@@H](C)[C@H](OCCCCCCCCCC)[C@H]1NC(=O)CC(=O)CCCCCCCCCCC.F. The maximum atomic E-state index is 13.3. The summed E-state index contributed by atoms with van der Waals surface area (Å²) < 4.78 is 43.9. The number of amides is 2. The summed E-state index contributed by atoms with van der Waals surface area (Å²) in [4.78, 5) is 51.6. The Morgan fingerprint density at radius 2 is 0.778 bits per heavy atom. The van der Waals surface area contributed by atoms with Crippen molar-refractivity contribution in [2.75, 3.05) is 26.4 Å². The second-order valence-electron chi connectivity index (χ2n) is 27.7. The number of allylic oxidation sites excluding steroid dienone is 2. The number of rotatable bonds is 54. The standard InChI is InChI=1S/C40H77NO6Si.C34H63NO6.FH/c1-10-13-15-17-19-21-22-24-26-28-34(42)31-36(43)41-37-38(44-30-27-25-23-20-18-16-14-11-2)33(4)35(47-39(37)45-29-12-3)32-46-48(8,9)40(5,6)7;1-5-8-10-12-14-16-17-19-21-23-29(37)26-31(38)35-32-33(39-25-22-20-18-15-13-11-9-6-2)28(4)30(27-36)41-34(32)40-24-7-3;/h12,29,33,35,37-39H,10-11,13-28,30-32H2,1-9H3,(H,41,43);7,24,28,30,32-34,36H,5-6,8-23,25-27H2,1-4H3,(H,35,38);1H/b29-12-;24-7-;/t33-,35-,37-,38+,39+;28-,30-,32-,33+,34+;/m11./s1. The highest BCUT2D eigenvalue weighted by atomic mass is 28.4. The average Bonchev–Trinajstić information content (AvgIpc) is 0.912. The molecule has 2 heterocycles. The second kappa shape index (κ2) is 55.5. The van der Waals surface area contributed by atoms with Crippen molar-refractivity contribution in [3.63, 3.8) is 0 Å². The maximum Gasteiger partial charge on any atom is 0.227 e. The lowest BCUT2D eigenvalue weighted by atomic mass is 9.89. The third-order valence-electron chi connectivity index (χ3n) is 18.5. The molecule has 0 bridgehead atoms. The monoisotopic (exact) mass is 1300 g/mol. The lowest BCUT2D eigenvalue weighted by molar-refractivity contribution is -0.245. The Balaban J connectivity index is 0.00000176. The largest absolute Gasteiger partial charge is 0.471 e. The van der Waals surface area contributed by atoms with E-state index in [1.165, 1.54) is 160 Å². The summed E-state index contributed by atoms with van der Waals surface area (Å²) in [5.74, 6) is -0.861. The minimum absolute atomic E-state index is 0. The first-order valence-electron chi connectivity index (χ1n) is 36.8. The minimum Gasteiger partial charge on any atom is -0.471 e. The molecule has 90 heavy (non-hydrogen) atoms. The number of carbonyl (C=O) groups excluding carboxylic acids is 4. The highest BCUT2D eigenvalue weighted by Crippen LogP contribution is 2.38. The highest BCUT2D eigenvalue weighted by molar-refractivity contribution is 6.74. The summed E-state index contributed by atoms with van der Waals surface area (Å²) in [5.41, 5.74) is 0. The van der Waals surface area contributed by atoms with Gasteiger partial charge >= 0.3 is 0 Å².